The lowest BCUT2D eigenvalue weighted by Crippen LogP contribution is -2.07. The van der Waals surface area contributed by atoms with E-state index in [4.69, 9.17) is 4.18 Å². The Balaban J connectivity index is 1.52. The molecule has 0 spiro atoms. The zero-order chi connectivity index (χ0) is 29.8. The molecular formula is C35H56O4S2. The normalized spacial score (nSPS) is 11.9. The molecule has 0 aliphatic carbocycles. The second kappa shape index (κ2) is 21.2. The third-order valence-electron chi connectivity index (χ3n) is 7.51. The first-order valence-electron chi connectivity index (χ1n) is 16.3. The number of hydrogen-bond donors (Lipinski definition) is 1. The van der Waals surface area contributed by atoms with E-state index in [1.807, 2.05) is 24.3 Å². The predicted molar refractivity (Wildman–Crippen MR) is 175 cm³/mol. The summed E-state index contributed by atoms with van der Waals surface area (Å²) in [6.07, 6.45) is 22.9. The molecule has 0 unspecified atom stereocenters. The molecule has 0 aromatic heterocycles. The zero-order valence-corrected chi connectivity index (χ0v) is 27.7. The van der Waals surface area contributed by atoms with Gasteiger partial charge in [-0.3, -0.25) is 4.18 Å². The fourth-order valence-electron chi connectivity index (χ4n) is 5.10. The molecule has 2 rings (SSSR count). The summed E-state index contributed by atoms with van der Waals surface area (Å²) in [5.74, 6) is 0.774. The third kappa shape index (κ3) is 16.1. The van der Waals surface area contributed by atoms with Crippen molar-refractivity contribution in [3.05, 3.63) is 48.0 Å². The van der Waals surface area contributed by atoms with Crippen LogP contribution in [0.3, 0.4) is 0 Å². The Morgan fingerprint density at radius 3 is 1.63 bits per heavy atom. The maximum absolute atomic E-state index is 12.6. The highest BCUT2D eigenvalue weighted by molar-refractivity contribution is 7.99. The average molecular weight is 605 g/mol. The summed E-state index contributed by atoms with van der Waals surface area (Å²) < 4.78 is 30.5. The first-order chi connectivity index (χ1) is 19.8. The molecule has 1 N–H and O–H groups in total. The average Bonchev–Trinajstić information content (AvgIpc) is 2.94. The van der Waals surface area contributed by atoms with Crippen LogP contribution in [0.25, 0.3) is 0 Å². The summed E-state index contributed by atoms with van der Waals surface area (Å²) in [7, 11) is -3.74. The van der Waals surface area contributed by atoms with Gasteiger partial charge >= 0.3 is 0 Å². The number of phenols is 1. The van der Waals surface area contributed by atoms with Gasteiger partial charge in [0.25, 0.3) is 10.1 Å². The first kappa shape index (κ1) is 35.7. The Kier molecular flexibility index (Phi) is 18.5. The van der Waals surface area contributed by atoms with E-state index in [2.05, 4.69) is 20.8 Å². The quantitative estimate of drug-likeness (QED) is 0.0954. The number of phenolic OH excluding ortho intramolecular Hbond substituents is 1. The van der Waals surface area contributed by atoms with Gasteiger partial charge in [-0.25, -0.2) is 0 Å². The number of benzene rings is 2. The van der Waals surface area contributed by atoms with Gasteiger partial charge in [-0.2, -0.15) is 8.42 Å². The van der Waals surface area contributed by atoms with Crippen LogP contribution in [-0.4, -0.2) is 20.1 Å². The fourth-order valence-corrected chi connectivity index (χ4v) is 6.93. The lowest BCUT2D eigenvalue weighted by Gasteiger charge is -2.10. The molecular weight excluding hydrogens is 549 g/mol. The van der Waals surface area contributed by atoms with Crippen LogP contribution in [-0.2, 0) is 20.7 Å². The van der Waals surface area contributed by atoms with Crippen LogP contribution in [0.5, 0.6) is 5.75 Å². The van der Waals surface area contributed by atoms with Crippen molar-refractivity contribution in [2.45, 2.75) is 151 Å². The lowest BCUT2D eigenvalue weighted by molar-refractivity contribution is 0.306. The summed E-state index contributed by atoms with van der Waals surface area (Å²) >= 11 is 1.55. The summed E-state index contributed by atoms with van der Waals surface area (Å²) in [6.45, 7) is 6.77. The molecule has 0 fully saturated rings. The van der Waals surface area contributed by atoms with Crippen molar-refractivity contribution in [1.29, 1.82) is 0 Å². The van der Waals surface area contributed by atoms with Gasteiger partial charge in [0.1, 0.15) is 5.75 Å². The van der Waals surface area contributed by atoms with Gasteiger partial charge in [-0.1, -0.05) is 135 Å². The summed E-state index contributed by atoms with van der Waals surface area (Å²) in [5, 5.41) is 10.1. The summed E-state index contributed by atoms with van der Waals surface area (Å²) in [6, 6.07) is 12.5. The van der Waals surface area contributed by atoms with Gasteiger partial charge in [0.05, 0.1) is 11.5 Å². The molecule has 4 nitrogen and oxygen atoms in total. The van der Waals surface area contributed by atoms with Crippen LogP contribution in [0.1, 0.15) is 135 Å². The molecule has 2 aromatic carbocycles. The van der Waals surface area contributed by atoms with Crippen LogP contribution in [0.2, 0.25) is 0 Å². The Bertz CT molecular complexity index is 1050. The maximum Gasteiger partial charge on any atom is 0.296 e. The topological polar surface area (TPSA) is 63.6 Å². The van der Waals surface area contributed by atoms with E-state index >= 15 is 0 Å². The smallest absolute Gasteiger partial charge is 0.296 e. The Morgan fingerprint density at radius 1 is 0.683 bits per heavy atom. The maximum atomic E-state index is 12.6. The molecule has 232 valence electrons. The third-order valence-corrected chi connectivity index (χ3v) is 9.84. The lowest BCUT2D eigenvalue weighted by atomic mass is 10.0. The molecule has 0 atom stereocenters. The number of unbranched alkanes of at least 4 members (excludes halogenated alkanes) is 16. The molecule has 0 aliphatic rings. The van der Waals surface area contributed by atoms with E-state index in [-0.39, 0.29) is 11.5 Å². The second-order valence-corrected chi connectivity index (χ2v) is 14.7. The van der Waals surface area contributed by atoms with Gasteiger partial charge in [0, 0.05) is 9.79 Å². The monoisotopic (exact) mass is 604 g/mol. The van der Waals surface area contributed by atoms with Crippen molar-refractivity contribution in [1.82, 2.24) is 0 Å². The van der Waals surface area contributed by atoms with Crippen molar-refractivity contribution in [2.75, 3.05) is 6.61 Å². The van der Waals surface area contributed by atoms with Crippen molar-refractivity contribution in [3.8, 4) is 5.75 Å². The van der Waals surface area contributed by atoms with Gasteiger partial charge < -0.3 is 5.11 Å². The minimum Gasteiger partial charge on any atom is -0.508 e. The van der Waals surface area contributed by atoms with E-state index in [0.29, 0.717) is 11.7 Å². The minimum atomic E-state index is -3.74. The minimum absolute atomic E-state index is 0.194. The first-order valence-corrected chi connectivity index (χ1v) is 18.5. The van der Waals surface area contributed by atoms with E-state index in [1.54, 1.807) is 30.0 Å². The molecule has 0 saturated heterocycles. The number of rotatable bonds is 24. The predicted octanol–water partition coefficient (Wildman–Crippen LogP) is 11.1. The van der Waals surface area contributed by atoms with Crippen LogP contribution in [0.15, 0.2) is 57.2 Å². The number of aromatic hydroxyl groups is 1. The Hall–Kier alpha value is -1.50. The molecule has 2 aromatic rings. The highest BCUT2D eigenvalue weighted by atomic mass is 32.2. The van der Waals surface area contributed by atoms with Crippen molar-refractivity contribution in [3.63, 3.8) is 0 Å². The largest absolute Gasteiger partial charge is 0.508 e. The van der Waals surface area contributed by atoms with Gasteiger partial charge in [0.15, 0.2) is 0 Å². The zero-order valence-electron chi connectivity index (χ0n) is 26.0. The highest BCUT2D eigenvalue weighted by Crippen LogP contribution is 2.32. The van der Waals surface area contributed by atoms with Gasteiger partial charge in [-0.05, 0) is 66.8 Å². The standard InChI is InChI=1S/C35H56O4S2/c1-4-5-6-7-8-9-10-11-12-13-14-15-16-17-18-19-20-27-39-41(37,38)34-24-21-32(22-25-34)40-33-23-26-35(36)31(29-33)28-30(2)3/h21-26,29-30,36H,4-20,27-28H2,1-3H3. The van der Waals surface area contributed by atoms with E-state index < -0.39 is 10.1 Å². The van der Waals surface area contributed by atoms with Crippen LogP contribution in [0.4, 0.5) is 0 Å². The van der Waals surface area contributed by atoms with Crippen LogP contribution >= 0.6 is 11.8 Å². The summed E-state index contributed by atoms with van der Waals surface area (Å²) in [4.78, 5) is 2.16. The van der Waals surface area contributed by atoms with Crippen LogP contribution in [0, 0.1) is 5.92 Å². The Morgan fingerprint density at radius 2 is 1.15 bits per heavy atom. The van der Waals surface area contributed by atoms with Crippen molar-refractivity contribution in [2.24, 2.45) is 5.92 Å². The Labute approximate surface area is 256 Å². The molecule has 0 heterocycles. The molecule has 0 radical (unpaired) electrons. The van der Waals surface area contributed by atoms with Crippen molar-refractivity contribution >= 4 is 21.9 Å². The molecule has 41 heavy (non-hydrogen) atoms. The van der Waals surface area contributed by atoms with Gasteiger partial charge in [0.2, 0.25) is 0 Å². The molecule has 0 saturated carbocycles. The molecule has 0 aliphatic heterocycles. The second-order valence-electron chi connectivity index (χ2n) is 11.9. The SMILES string of the molecule is CCCCCCCCCCCCCCCCCCCOS(=O)(=O)c1ccc(Sc2ccc(O)c(CC(C)C)c2)cc1. The van der Waals surface area contributed by atoms with E-state index in [9.17, 15) is 13.5 Å². The summed E-state index contributed by atoms with van der Waals surface area (Å²) in [5.41, 5.74) is 0.932. The fraction of sp³-hybridized carbons (Fsp3) is 0.657. The number of hydrogen-bond acceptors (Lipinski definition) is 5. The van der Waals surface area contributed by atoms with Crippen LogP contribution < -0.4 is 0 Å². The van der Waals surface area contributed by atoms with E-state index in [0.717, 1.165) is 41.0 Å². The molecule has 0 bridgehead atoms. The molecule has 0 amide bonds. The van der Waals surface area contributed by atoms with E-state index in [1.165, 1.54) is 89.9 Å². The van der Waals surface area contributed by atoms with Crippen molar-refractivity contribution < 1.29 is 17.7 Å². The molecule has 6 heteroatoms. The highest BCUT2D eigenvalue weighted by Gasteiger charge is 2.15. The van der Waals surface area contributed by atoms with Gasteiger partial charge in [-0.15, -0.1) is 0 Å².